The molecule has 0 atom stereocenters. The van der Waals surface area contributed by atoms with E-state index in [1.54, 1.807) is 18.6 Å². The van der Waals surface area contributed by atoms with E-state index in [9.17, 15) is 4.79 Å². The van der Waals surface area contributed by atoms with E-state index in [4.69, 9.17) is 0 Å². The highest BCUT2D eigenvalue weighted by Gasteiger charge is 2.14. The number of aryl methyl sites for hydroxylation is 1. The highest BCUT2D eigenvalue weighted by molar-refractivity contribution is 6.04. The van der Waals surface area contributed by atoms with Crippen LogP contribution in [0.1, 0.15) is 35.3 Å². The SMILES string of the molecule is C/C=C/C.Cc1ccc(NC(=O)c2ccc(CN3CCN(C)CC3)cc2)cc1Nc1nccc(-c2cccnc2)n1. The van der Waals surface area contributed by atoms with Crippen LogP contribution in [0.5, 0.6) is 0 Å². The van der Waals surface area contributed by atoms with Gasteiger partial charge in [0.1, 0.15) is 0 Å². The van der Waals surface area contributed by atoms with Gasteiger partial charge >= 0.3 is 0 Å². The van der Waals surface area contributed by atoms with Crippen molar-refractivity contribution in [3.8, 4) is 11.3 Å². The fraction of sp³-hybridized carbons (Fsp3) is 0.273. The summed E-state index contributed by atoms with van der Waals surface area (Å²) in [6.45, 7) is 11.2. The smallest absolute Gasteiger partial charge is 0.255 e. The number of benzene rings is 2. The van der Waals surface area contributed by atoms with E-state index >= 15 is 0 Å². The summed E-state index contributed by atoms with van der Waals surface area (Å²) in [5.74, 6) is 0.333. The van der Waals surface area contributed by atoms with Gasteiger partial charge in [0, 0.05) is 73.8 Å². The maximum Gasteiger partial charge on any atom is 0.255 e. The molecule has 1 aliphatic heterocycles. The second-order valence-corrected chi connectivity index (χ2v) is 10.1. The molecular formula is C33H39N7O. The first kappa shape index (κ1) is 29.6. The molecule has 0 bridgehead atoms. The van der Waals surface area contributed by atoms with Crippen LogP contribution in [0.3, 0.4) is 0 Å². The van der Waals surface area contributed by atoms with Gasteiger partial charge in [-0.2, -0.15) is 0 Å². The number of hydrogen-bond donors (Lipinski definition) is 2. The minimum absolute atomic E-state index is 0.143. The number of carbonyl (C=O) groups is 1. The number of rotatable bonds is 7. The van der Waals surface area contributed by atoms with E-state index < -0.39 is 0 Å². The number of nitrogens with one attached hydrogen (secondary N) is 2. The Morgan fingerprint density at radius 3 is 2.39 bits per heavy atom. The van der Waals surface area contributed by atoms with Crippen LogP contribution in [0, 0.1) is 6.92 Å². The van der Waals surface area contributed by atoms with Crippen LogP contribution in [0.4, 0.5) is 17.3 Å². The molecule has 5 rings (SSSR count). The number of amides is 1. The van der Waals surface area contributed by atoms with Crippen molar-refractivity contribution in [1.29, 1.82) is 0 Å². The van der Waals surface area contributed by atoms with E-state index in [1.165, 1.54) is 5.56 Å². The predicted octanol–water partition coefficient (Wildman–Crippen LogP) is 6.17. The predicted molar refractivity (Wildman–Crippen MR) is 167 cm³/mol. The molecule has 1 amide bonds. The summed E-state index contributed by atoms with van der Waals surface area (Å²) in [6, 6.07) is 19.3. The van der Waals surface area contributed by atoms with Gasteiger partial charge in [0.25, 0.3) is 5.91 Å². The molecule has 1 fully saturated rings. The van der Waals surface area contributed by atoms with Crippen LogP contribution in [0.2, 0.25) is 0 Å². The first-order valence-electron chi connectivity index (χ1n) is 13.9. The Morgan fingerprint density at radius 1 is 0.951 bits per heavy atom. The quantitative estimate of drug-likeness (QED) is 0.267. The maximum absolute atomic E-state index is 12.9. The van der Waals surface area contributed by atoms with Gasteiger partial charge in [-0.1, -0.05) is 30.4 Å². The van der Waals surface area contributed by atoms with Crippen LogP contribution in [-0.4, -0.2) is 63.9 Å². The van der Waals surface area contributed by atoms with Crippen LogP contribution < -0.4 is 10.6 Å². The van der Waals surface area contributed by atoms with Gasteiger partial charge in [0.05, 0.1) is 5.69 Å². The largest absolute Gasteiger partial charge is 0.324 e. The summed E-state index contributed by atoms with van der Waals surface area (Å²) in [4.78, 5) is 30.9. The molecule has 8 nitrogen and oxygen atoms in total. The Kier molecular flexibility index (Phi) is 10.7. The third kappa shape index (κ3) is 8.79. The number of likely N-dealkylation sites (N-methyl/N-ethyl adjacent to an activating group) is 1. The number of piperazine rings is 1. The average Bonchev–Trinajstić information content (AvgIpc) is 3.01. The lowest BCUT2D eigenvalue weighted by Gasteiger charge is -2.32. The molecule has 0 unspecified atom stereocenters. The third-order valence-electron chi connectivity index (χ3n) is 6.91. The molecule has 212 valence electrons. The first-order valence-corrected chi connectivity index (χ1v) is 13.9. The van der Waals surface area contributed by atoms with Crippen LogP contribution in [0.25, 0.3) is 11.3 Å². The molecule has 0 radical (unpaired) electrons. The molecule has 41 heavy (non-hydrogen) atoms. The topological polar surface area (TPSA) is 86.3 Å². The number of aromatic nitrogens is 3. The minimum atomic E-state index is -0.143. The highest BCUT2D eigenvalue weighted by atomic mass is 16.1. The number of nitrogens with zero attached hydrogens (tertiary/aromatic N) is 5. The van der Waals surface area contributed by atoms with Gasteiger partial charge in [0.2, 0.25) is 5.95 Å². The summed E-state index contributed by atoms with van der Waals surface area (Å²) in [5, 5.41) is 6.29. The normalized spacial score (nSPS) is 13.9. The van der Waals surface area contributed by atoms with Gasteiger partial charge in [-0.05, 0) is 81.4 Å². The van der Waals surface area contributed by atoms with Crippen molar-refractivity contribution >= 4 is 23.2 Å². The molecule has 2 N–H and O–H groups in total. The Labute approximate surface area is 243 Å². The molecule has 4 aromatic rings. The summed E-state index contributed by atoms with van der Waals surface area (Å²) >= 11 is 0. The molecule has 3 heterocycles. The summed E-state index contributed by atoms with van der Waals surface area (Å²) in [7, 11) is 2.16. The zero-order valence-electron chi connectivity index (χ0n) is 24.3. The molecule has 0 saturated carbocycles. The maximum atomic E-state index is 12.9. The van der Waals surface area contributed by atoms with E-state index in [0.717, 1.165) is 55.2 Å². The van der Waals surface area contributed by atoms with E-state index in [0.29, 0.717) is 17.2 Å². The second-order valence-electron chi connectivity index (χ2n) is 10.1. The zero-order chi connectivity index (χ0) is 29.0. The van der Waals surface area contributed by atoms with E-state index in [-0.39, 0.29) is 5.91 Å². The van der Waals surface area contributed by atoms with Gasteiger partial charge in [-0.15, -0.1) is 0 Å². The van der Waals surface area contributed by atoms with Crippen molar-refractivity contribution < 1.29 is 4.79 Å². The van der Waals surface area contributed by atoms with Crippen molar-refractivity contribution in [3.63, 3.8) is 0 Å². The lowest BCUT2D eigenvalue weighted by molar-refractivity contribution is 0.102. The highest BCUT2D eigenvalue weighted by Crippen LogP contribution is 2.24. The van der Waals surface area contributed by atoms with Gasteiger partial charge in [-0.3, -0.25) is 14.7 Å². The molecule has 2 aromatic heterocycles. The van der Waals surface area contributed by atoms with Crippen molar-refractivity contribution in [1.82, 2.24) is 24.8 Å². The number of allylic oxidation sites excluding steroid dienone is 2. The fourth-order valence-corrected chi connectivity index (χ4v) is 4.28. The number of hydrogen-bond acceptors (Lipinski definition) is 7. The van der Waals surface area contributed by atoms with Crippen molar-refractivity contribution in [3.05, 3.63) is 108 Å². The molecule has 0 spiro atoms. The second kappa shape index (κ2) is 14.8. The summed E-state index contributed by atoms with van der Waals surface area (Å²) in [5.41, 5.74) is 6.08. The van der Waals surface area contributed by atoms with Gasteiger partial charge in [-0.25, -0.2) is 9.97 Å². The average molecular weight is 550 g/mol. The molecule has 1 saturated heterocycles. The Morgan fingerprint density at radius 2 is 1.71 bits per heavy atom. The lowest BCUT2D eigenvalue weighted by atomic mass is 10.1. The van der Waals surface area contributed by atoms with E-state index in [2.05, 4.69) is 42.4 Å². The number of carbonyl (C=O) groups excluding carboxylic acids is 1. The Balaban J connectivity index is 0.000000909. The molecular weight excluding hydrogens is 510 g/mol. The number of pyridine rings is 1. The van der Waals surface area contributed by atoms with Gasteiger partial charge in [0.15, 0.2) is 0 Å². The number of anilines is 3. The fourth-order valence-electron chi connectivity index (χ4n) is 4.28. The van der Waals surface area contributed by atoms with Crippen molar-refractivity contribution in [2.45, 2.75) is 27.3 Å². The van der Waals surface area contributed by atoms with Crippen LogP contribution in [-0.2, 0) is 6.54 Å². The zero-order valence-corrected chi connectivity index (χ0v) is 24.3. The summed E-state index contributed by atoms with van der Waals surface area (Å²) in [6.07, 6.45) is 9.22. The van der Waals surface area contributed by atoms with Crippen molar-refractivity contribution in [2.24, 2.45) is 0 Å². The van der Waals surface area contributed by atoms with E-state index in [1.807, 2.05) is 93.6 Å². The minimum Gasteiger partial charge on any atom is -0.324 e. The monoisotopic (exact) mass is 549 g/mol. The Bertz CT molecular complexity index is 1430. The standard InChI is InChI=1S/C29H31N7O.C4H8/c1-21-5-10-25(18-27(21)34-29-31-13-11-26(33-29)24-4-3-12-30-19-24)32-28(37)23-8-6-22(7-9-23)20-36-16-14-35(2)15-17-36;1-3-4-2/h3-13,18-19H,14-17,20H2,1-2H3,(H,32,37)(H,31,33,34);3-4H,1-2H3/b;4-3+. The Hall–Kier alpha value is -4.40. The molecule has 8 heteroatoms. The lowest BCUT2D eigenvalue weighted by Crippen LogP contribution is -2.43. The van der Waals surface area contributed by atoms with Crippen LogP contribution in [0.15, 0.2) is 91.4 Å². The van der Waals surface area contributed by atoms with Crippen molar-refractivity contribution in [2.75, 3.05) is 43.9 Å². The summed E-state index contributed by atoms with van der Waals surface area (Å²) < 4.78 is 0. The van der Waals surface area contributed by atoms with Gasteiger partial charge < -0.3 is 15.5 Å². The van der Waals surface area contributed by atoms with Crippen LogP contribution >= 0.6 is 0 Å². The first-order chi connectivity index (χ1) is 19.9. The molecule has 1 aliphatic rings. The third-order valence-corrected chi connectivity index (χ3v) is 6.91. The molecule has 0 aliphatic carbocycles. The molecule has 2 aromatic carbocycles.